The second kappa shape index (κ2) is 7.25. The first-order valence-corrected chi connectivity index (χ1v) is 6.52. The van der Waals surface area contributed by atoms with Crippen molar-refractivity contribution in [3.05, 3.63) is 28.2 Å². The van der Waals surface area contributed by atoms with Crippen molar-refractivity contribution < 1.29 is 14.3 Å². The molecular formula is C13H17BrN2O3. The first kappa shape index (κ1) is 15.7. The number of carbonyl (C=O) groups is 2. The summed E-state index contributed by atoms with van der Waals surface area (Å²) in [5.41, 5.74) is 1.69. The molecule has 0 aliphatic carbocycles. The van der Waals surface area contributed by atoms with E-state index < -0.39 is 0 Å². The highest BCUT2D eigenvalue weighted by Crippen LogP contribution is 2.19. The Morgan fingerprint density at radius 3 is 2.68 bits per heavy atom. The number of benzene rings is 1. The van der Waals surface area contributed by atoms with Gasteiger partial charge in [-0.2, -0.15) is 0 Å². The summed E-state index contributed by atoms with van der Waals surface area (Å²) < 4.78 is 5.68. The Morgan fingerprint density at radius 1 is 1.42 bits per heavy atom. The minimum absolute atomic E-state index is 0.00228. The highest BCUT2D eigenvalue weighted by atomic mass is 79.9. The number of aryl methyl sites for hydroxylation is 1. The van der Waals surface area contributed by atoms with Gasteiger partial charge in [-0.1, -0.05) is 15.9 Å². The van der Waals surface area contributed by atoms with Crippen molar-refractivity contribution >= 4 is 33.4 Å². The van der Waals surface area contributed by atoms with E-state index in [1.54, 1.807) is 7.05 Å². The van der Waals surface area contributed by atoms with E-state index in [2.05, 4.69) is 21.2 Å². The fourth-order valence-corrected chi connectivity index (χ4v) is 1.97. The van der Waals surface area contributed by atoms with Crippen molar-refractivity contribution in [2.75, 3.05) is 32.6 Å². The molecule has 0 aromatic heterocycles. The Kier molecular flexibility index (Phi) is 5.98. The van der Waals surface area contributed by atoms with Gasteiger partial charge in [0.2, 0.25) is 11.8 Å². The van der Waals surface area contributed by atoms with Gasteiger partial charge >= 0.3 is 0 Å². The Labute approximate surface area is 121 Å². The lowest BCUT2D eigenvalue weighted by Gasteiger charge is -2.16. The molecule has 0 bridgehead atoms. The normalized spacial score (nSPS) is 10.1. The Bertz CT molecular complexity index is 477. The average molecular weight is 329 g/mol. The zero-order valence-corrected chi connectivity index (χ0v) is 12.8. The van der Waals surface area contributed by atoms with Crippen LogP contribution >= 0.6 is 15.9 Å². The van der Waals surface area contributed by atoms with Gasteiger partial charge in [-0.05, 0) is 30.7 Å². The maximum absolute atomic E-state index is 11.8. The molecule has 0 spiro atoms. The molecule has 0 saturated heterocycles. The number of amides is 2. The molecule has 0 radical (unpaired) electrons. The standard InChI is InChI=1S/C13H17BrN2O3/c1-9-6-10(14)4-5-11(9)15-12(17)7-16(2)13(18)8-19-3/h4-6H,7-8H2,1-3H3,(H,15,17). The van der Waals surface area contributed by atoms with Crippen molar-refractivity contribution in [2.45, 2.75) is 6.92 Å². The monoisotopic (exact) mass is 328 g/mol. The predicted octanol–water partition coefficient (Wildman–Crippen LogP) is 1.80. The first-order valence-electron chi connectivity index (χ1n) is 5.73. The number of nitrogens with zero attached hydrogens (tertiary/aromatic N) is 1. The molecule has 104 valence electrons. The van der Waals surface area contributed by atoms with Crippen molar-refractivity contribution in [1.82, 2.24) is 4.90 Å². The summed E-state index contributed by atoms with van der Waals surface area (Å²) in [6, 6.07) is 5.58. The van der Waals surface area contributed by atoms with E-state index in [0.29, 0.717) is 0 Å². The summed E-state index contributed by atoms with van der Waals surface area (Å²) in [5.74, 6) is -0.470. The van der Waals surface area contributed by atoms with Crippen LogP contribution in [0.4, 0.5) is 5.69 Å². The van der Waals surface area contributed by atoms with E-state index in [9.17, 15) is 9.59 Å². The van der Waals surface area contributed by atoms with Gasteiger partial charge in [0.05, 0.1) is 6.54 Å². The molecule has 1 rings (SSSR count). The lowest BCUT2D eigenvalue weighted by atomic mass is 10.2. The lowest BCUT2D eigenvalue weighted by Crippen LogP contribution is -2.36. The first-order chi connectivity index (χ1) is 8.93. The number of nitrogens with one attached hydrogen (secondary N) is 1. The van der Waals surface area contributed by atoms with Crippen LogP contribution in [0.15, 0.2) is 22.7 Å². The van der Waals surface area contributed by atoms with Crippen LogP contribution in [0.5, 0.6) is 0 Å². The van der Waals surface area contributed by atoms with Gasteiger partial charge < -0.3 is 15.0 Å². The van der Waals surface area contributed by atoms with Gasteiger partial charge in [-0.25, -0.2) is 0 Å². The van der Waals surface area contributed by atoms with E-state index in [-0.39, 0.29) is 25.0 Å². The summed E-state index contributed by atoms with van der Waals surface area (Å²) in [6.45, 7) is 1.87. The fraction of sp³-hybridized carbons (Fsp3) is 0.385. The second-order valence-corrected chi connectivity index (χ2v) is 5.11. The summed E-state index contributed by atoms with van der Waals surface area (Å²) in [5, 5.41) is 2.77. The average Bonchev–Trinajstić information content (AvgIpc) is 2.33. The molecule has 6 heteroatoms. The molecule has 0 atom stereocenters. The maximum Gasteiger partial charge on any atom is 0.248 e. The van der Waals surface area contributed by atoms with Gasteiger partial charge in [0.25, 0.3) is 0 Å². The zero-order chi connectivity index (χ0) is 14.4. The third-order valence-electron chi connectivity index (χ3n) is 2.54. The molecule has 1 aromatic rings. The largest absolute Gasteiger partial charge is 0.375 e. The molecule has 1 aromatic carbocycles. The quantitative estimate of drug-likeness (QED) is 0.896. The SMILES string of the molecule is COCC(=O)N(C)CC(=O)Nc1ccc(Br)cc1C. The third kappa shape index (κ3) is 5.00. The summed E-state index contributed by atoms with van der Waals surface area (Å²) in [6.07, 6.45) is 0. The highest BCUT2D eigenvalue weighted by Gasteiger charge is 2.13. The van der Waals surface area contributed by atoms with Gasteiger partial charge in [0.1, 0.15) is 6.61 Å². The van der Waals surface area contributed by atoms with Crippen molar-refractivity contribution in [3.8, 4) is 0 Å². The maximum atomic E-state index is 11.8. The van der Waals surface area contributed by atoms with Crippen molar-refractivity contribution in [3.63, 3.8) is 0 Å². The van der Waals surface area contributed by atoms with Crippen LogP contribution in [0.2, 0.25) is 0 Å². The number of anilines is 1. The minimum Gasteiger partial charge on any atom is -0.375 e. The number of hydrogen-bond acceptors (Lipinski definition) is 3. The Balaban J connectivity index is 2.58. The van der Waals surface area contributed by atoms with E-state index >= 15 is 0 Å². The molecule has 0 heterocycles. The second-order valence-electron chi connectivity index (χ2n) is 4.19. The molecule has 0 aliphatic rings. The van der Waals surface area contributed by atoms with E-state index in [1.807, 2.05) is 25.1 Å². The topological polar surface area (TPSA) is 58.6 Å². The number of methoxy groups -OCH3 is 1. The summed E-state index contributed by atoms with van der Waals surface area (Å²) in [4.78, 5) is 24.6. The van der Waals surface area contributed by atoms with E-state index in [0.717, 1.165) is 15.7 Å². The number of likely N-dealkylation sites (N-methyl/N-ethyl adjacent to an activating group) is 1. The molecule has 1 N–H and O–H groups in total. The third-order valence-corrected chi connectivity index (χ3v) is 3.03. The molecule has 2 amide bonds. The summed E-state index contributed by atoms with van der Waals surface area (Å²) >= 11 is 3.36. The number of rotatable bonds is 5. The van der Waals surface area contributed by atoms with Crippen LogP contribution in [-0.2, 0) is 14.3 Å². The van der Waals surface area contributed by atoms with Gasteiger partial charge in [0.15, 0.2) is 0 Å². The van der Waals surface area contributed by atoms with Crippen LogP contribution in [0, 0.1) is 6.92 Å². The predicted molar refractivity (Wildman–Crippen MR) is 77.0 cm³/mol. The molecule has 0 fully saturated rings. The summed E-state index contributed by atoms with van der Waals surface area (Å²) in [7, 11) is 3.01. The van der Waals surface area contributed by atoms with Crippen molar-refractivity contribution in [1.29, 1.82) is 0 Å². The van der Waals surface area contributed by atoms with Gasteiger partial charge in [-0.15, -0.1) is 0 Å². The molecular weight excluding hydrogens is 312 g/mol. The molecule has 19 heavy (non-hydrogen) atoms. The number of carbonyl (C=O) groups excluding carboxylic acids is 2. The minimum atomic E-state index is -0.239. The van der Waals surface area contributed by atoms with Crippen LogP contribution < -0.4 is 5.32 Å². The van der Waals surface area contributed by atoms with Gasteiger partial charge in [-0.3, -0.25) is 9.59 Å². The van der Waals surface area contributed by atoms with Crippen molar-refractivity contribution in [2.24, 2.45) is 0 Å². The Hall–Kier alpha value is -1.40. The molecule has 5 nitrogen and oxygen atoms in total. The van der Waals surface area contributed by atoms with E-state index in [4.69, 9.17) is 4.74 Å². The van der Waals surface area contributed by atoms with Crippen LogP contribution in [0.25, 0.3) is 0 Å². The van der Waals surface area contributed by atoms with Crippen LogP contribution in [0.1, 0.15) is 5.56 Å². The number of ether oxygens (including phenoxy) is 1. The van der Waals surface area contributed by atoms with Crippen LogP contribution in [0.3, 0.4) is 0 Å². The number of hydrogen-bond donors (Lipinski definition) is 1. The molecule has 0 saturated carbocycles. The number of halogens is 1. The Morgan fingerprint density at radius 2 is 2.11 bits per heavy atom. The smallest absolute Gasteiger partial charge is 0.248 e. The van der Waals surface area contributed by atoms with Gasteiger partial charge in [0, 0.05) is 24.3 Å². The van der Waals surface area contributed by atoms with E-state index in [1.165, 1.54) is 12.0 Å². The highest BCUT2D eigenvalue weighted by molar-refractivity contribution is 9.10. The lowest BCUT2D eigenvalue weighted by molar-refractivity contribution is -0.136. The molecule has 0 aliphatic heterocycles. The van der Waals surface area contributed by atoms with Crippen LogP contribution in [-0.4, -0.2) is 44.0 Å². The zero-order valence-electron chi connectivity index (χ0n) is 11.2. The fourth-order valence-electron chi connectivity index (χ4n) is 1.49. The molecule has 0 unspecified atom stereocenters.